The molecule has 0 heterocycles. The average Bonchev–Trinajstić information content (AvgIpc) is 2.12. The minimum atomic E-state index is -0.642. The molecule has 2 N–H and O–H groups in total. The highest BCUT2D eigenvalue weighted by molar-refractivity contribution is 5.00. The number of hydrogen-bond donors (Lipinski definition) is 1. The van der Waals surface area contributed by atoms with Crippen molar-refractivity contribution >= 4 is 0 Å². The van der Waals surface area contributed by atoms with Crippen LogP contribution >= 0.6 is 0 Å². The van der Waals surface area contributed by atoms with Crippen LogP contribution in [0.15, 0.2) is 0 Å². The summed E-state index contributed by atoms with van der Waals surface area (Å²) in [6, 6.07) is 2.71. The first-order valence-electron chi connectivity index (χ1n) is 5.29. The van der Waals surface area contributed by atoms with E-state index in [-0.39, 0.29) is 0 Å². The summed E-state index contributed by atoms with van der Waals surface area (Å²) in [5.74, 6) is 0. The number of nitrogens with two attached hydrogens (primary N) is 1. The van der Waals surface area contributed by atoms with Gasteiger partial charge in [-0.1, -0.05) is 0 Å². The van der Waals surface area contributed by atoms with E-state index in [0.717, 1.165) is 25.8 Å². The number of unbranched alkanes of at least 4 members (excludes halogenated alkanes) is 1. The van der Waals surface area contributed by atoms with Gasteiger partial charge >= 0.3 is 0 Å². The van der Waals surface area contributed by atoms with Gasteiger partial charge in [-0.3, -0.25) is 0 Å². The predicted octanol–water partition coefficient (Wildman–Crippen LogP) is 1.74. The first-order valence-corrected chi connectivity index (χ1v) is 5.29. The van der Waals surface area contributed by atoms with Crippen LogP contribution in [0.4, 0.5) is 0 Å². The molecule has 0 aromatic heterocycles. The second-order valence-electron chi connectivity index (χ2n) is 4.56. The maximum Gasteiger partial charge on any atom is 0.101 e. The summed E-state index contributed by atoms with van der Waals surface area (Å²) in [5, 5.41) is 8.71. The van der Waals surface area contributed by atoms with Gasteiger partial charge in [-0.25, -0.2) is 0 Å². The van der Waals surface area contributed by atoms with E-state index in [2.05, 4.69) is 31.9 Å². The smallest absolute Gasteiger partial charge is 0.101 e. The van der Waals surface area contributed by atoms with Crippen LogP contribution in [0.5, 0.6) is 0 Å². The van der Waals surface area contributed by atoms with Gasteiger partial charge in [0.25, 0.3) is 0 Å². The van der Waals surface area contributed by atoms with Crippen molar-refractivity contribution in [1.82, 2.24) is 4.90 Å². The van der Waals surface area contributed by atoms with E-state index in [1.54, 1.807) is 6.92 Å². The highest BCUT2D eigenvalue weighted by atomic mass is 15.1. The van der Waals surface area contributed by atoms with Gasteiger partial charge in [0.2, 0.25) is 0 Å². The Morgan fingerprint density at radius 1 is 1.43 bits per heavy atom. The van der Waals surface area contributed by atoms with Gasteiger partial charge in [-0.15, -0.1) is 0 Å². The minimum Gasteiger partial charge on any atom is -0.314 e. The molecular weight excluding hydrogens is 174 g/mol. The molecule has 0 saturated carbocycles. The third kappa shape index (κ3) is 5.95. The van der Waals surface area contributed by atoms with Crippen LogP contribution in [-0.2, 0) is 0 Å². The first-order chi connectivity index (χ1) is 6.39. The van der Waals surface area contributed by atoms with Gasteiger partial charge < -0.3 is 10.6 Å². The van der Waals surface area contributed by atoms with Crippen molar-refractivity contribution in [2.24, 2.45) is 5.73 Å². The topological polar surface area (TPSA) is 53.0 Å². The van der Waals surface area contributed by atoms with Crippen molar-refractivity contribution in [2.45, 2.75) is 51.6 Å². The number of nitriles is 1. The van der Waals surface area contributed by atoms with E-state index in [1.807, 2.05) is 0 Å². The second-order valence-corrected chi connectivity index (χ2v) is 4.56. The minimum absolute atomic E-state index is 0.593. The number of hydrogen-bond acceptors (Lipinski definition) is 3. The summed E-state index contributed by atoms with van der Waals surface area (Å²) in [4.78, 5) is 2.31. The van der Waals surface area contributed by atoms with E-state index >= 15 is 0 Å². The third-order valence-electron chi connectivity index (χ3n) is 2.59. The Bertz CT molecular complexity index is 191. The van der Waals surface area contributed by atoms with E-state index < -0.39 is 5.54 Å². The molecule has 0 rings (SSSR count). The maximum atomic E-state index is 8.71. The van der Waals surface area contributed by atoms with Gasteiger partial charge in [0.1, 0.15) is 5.54 Å². The number of rotatable bonds is 6. The Kier molecular flexibility index (Phi) is 5.75. The van der Waals surface area contributed by atoms with E-state index in [0.29, 0.717) is 6.04 Å². The van der Waals surface area contributed by atoms with E-state index in [1.165, 1.54) is 0 Å². The van der Waals surface area contributed by atoms with Gasteiger partial charge in [-0.2, -0.15) is 5.26 Å². The van der Waals surface area contributed by atoms with Gasteiger partial charge in [0, 0.05) is 6.04 Å². The SMILES string of the molecule is CC(C)N(C)CCCCC(C)(N)C#N. The van der Waals surface area contributed by atoms with Crippen molar-refractivity contribution in [2.75, 3.05) is 13.6 Å². The van der Waals surface area contributed by atoms with E-state index in [9.17, 15) is 0 Å². The molecule has 3 nitrogen and oxygen atoms in total. The molecule has 0 fully saturated rings. The lowest BCUT2D eigenvalue weighted by Gasteiger charge is -2.21. The fraction of sp³-hybridized carbons (Fsp3) is 0.909. The molecule has 0 aromatic rings. The van der Waals surface area contributed by atoms with Crippen molar-refractivity contribution in [3.05, 3.63) is 0 Å². The Morgan fingerprint density at radius 2 is 2.00 bits per heavy atom. The molecule has 0 aliphatic heterocycles. The lowest BCUT2D eigenvalue weighted by Crippen LogP contribution is -2.34. The fourth-order valence-corrected chi connectivity index (χ4v) is 1.17. The lowest BCUT2D eigenvalue weighted by molar-refractivity contribution is 0.265. The molecule has 0 bridgehead atoms. The van der Waals surface area contributed by atoms with Crippen LogP contribution in [-0.4, -0.2) is 30.1 Å². The molecule has 3 heteroatoms. The Morgan fingerprint density at radius 3 is 2.43 bits per heavy atom. The highest BCUT2D eigenvalue weighted by Crippen LogP contribution is 2.09. The third-order valence-corrected chi connectivity index (χ3v) is 2.59. The molecule has 0 amide bonds. The van der Waals surface area contributed by atoms with Crippen molar-refractivity contribution in [3.8, 4) is 6.07 Å². The first kappa shape index (κ1) is 13.4. The Hall–Kier alpha value is -0.590. The summed E-state index contributed by atoms with van der Waals surface area (Å²) in [6.07, 6.45) is 2.93. The molecule has 0 spiro atoms. The molecule has 0 aromatic carbocycles. The molecule has 0 radical (unpaired) electrons. The summed E-state index contributed by atoms with van der Waals surface area (Å²) < 4.78 is 0. The Balaban J connectivity index is 3.53. The number of nitrogens with zero attached hydrogens (tertiary/aromatic N) is 2. The molecule has 82 valence electrons. The standard InChI is InChI=1S/C11H23N3/c1-10(2)14(4)8-6-5-7-11(3,13)9-12/h10H,5-8,13H2,1-4H3. The molecule has 0 aliphatic rings. The van der Waals surface area contributed by atoms with E-state index in [4.69, 9.17) is 11.0 Å². The Labute approximate surface area is 87.9 Å². The summed E-state index contributed by atoms with van der Waals surface area (Å²) in [5.41, 5.74) is 5.08. The quantitative estimate of drug-likeness (QED) is 0.660. The molecule has 1 unspecified atom stereocenters. The van der Waals surface area contributed by atoms with Crippen LogP contribution in [0, 0.1) is 11.3 Å². The molecule has 14 heavy (non-hydrogen) atoms. The molecule has 0 saturated heterocycles. The summed E-state index contributed by atoms with van der Waals surface area (Å²) in [7, 11) is 2.12. The van der Waals surface area contributed by atoms with Crippen LogP contribution in [0.1, 0.15) is 40.0 Å². The molecular formula is C11H23N3. The van der Waals surface area contributed by atoms with Crippen LogP contribution in [0.25, 0.3) is 0 Å². The largest absolute Gasteiger partial charge is 0.314 e. The fourth-order valence-electron chi connectivity index (χ4n) is 1.17. The van der Waals surface area contributed by atoms with Crippen LogP contribution < -0.4 is 5.73 Å². The highest BCUT2D eigenvalue weighted by Gasteiger charge is 2.16. The van der Waals surface area contributed by atoms with Crippen molar-refractivity contribution in [1.29, 1.82) is 5.26 Å². The lowest BCUT2D eigenvalue weighted by atomic mass is 9.98. The second kappa shape index (κ2) is 6.00. The molecule has 0 aliphatic carbocycles. The van der Waals surface area contributed by atoms with Gasteiger partial charge in [0.05, 0.1) is 6.07 Å². The monoisotopic (exact) mass is 197 g/mol. The van der Waals surface area contributed by atoms with Gasteiger partial charge in [0.15, 0.2) is 0 Å². The predicted molar refractivity (Wildman–Crippen MR) is 59.8 cm³/mol. The van der Waals surface area contributed by atoms with Crippen LogP contribution in [0.3, 0.4) is 0 Å². The molecule has 1 atom stereocenters. The average molecular weight is 197 g/mol. The van der Waals surface area contributed by atoms with Crippen molar-refractivity contribution < 1.29 is 0 Å². The zero-order valence-corrected chi connectivity index (χ0v) is 9.88. The normalized spacial score (nSPS) is 15.6. The zero-order chi connectivity index (χ0) is 11.2. The zero-order valence-electron chi connectivity index (χ0n) is 9.88. The van der Waals surface area contributed by atoms with Gasteiger partial charge in [-0.05, 0) is 53.6 Å². The summed E-state index contributed by atoms with van der Waals surface area (Å²) >= 11 is 0. The van der Waals surface area contributed by atoms with Crippen molar-refractivity contribution in [3.63, 3.8) is 0 Å². The van der Waals surface area contributed by atoms with Crippen LogP contribution in [0.2, 0.25) is 0 Å². The maximum absolute atomic E-state index is 8.71. The summed E-state index contributed by atoms with van der Waals surface area (Å²) in [6.45, 7) is 7.24.